The maximum absolute atomic E-state index is 5.45. The molecule has 0 amide bonds. The number of aromatic nitrogens is 3. The average molecular weight is 877 g/mol. The molecule has 0 aliphatic carbocycles. The van der Waals surface area contributed by atoms with Gasteiger partial charge in [0.05, 0.1) is 5.69 Å². The van der Waals surface area contributed by atoms with Gasteiger partial charge < -0.3 is 0 Å². The first-order valence-corrected chi connectivity index (χ1v) is 23.5. The maximum Gasteiger partial charge on any atom is 0.242 e. The summed E-state index contributed by atoms with van der Waals surface area (Å²) in [7, 11) is 0. The van der Waals surface area contributed by atoms with Crippen molar-refractivity contribution in [2.75, 3.05) is 4.90 Å². The van der Waals surface area contributed by atoms with Crippen LogP contribution in [0.15, 0.2) is 212 Å². The van der Waals surface area contributed by atoms with Crippen LogP contribution in [0.1, 0.15) is 33.4 Å². The van der Waals surface area contributed by atoms with Crippen molar-refractivity contribution in [3.05, 3.63) is 246 Å². The maximum atomic E-state index is 5.45. The van der Waals surface area contributed by atoms with Gasteiger partial charge in [-0.25, -0.2) is 4.98 Å². The summed E-state index contributed by atoms with van der Waals surface area (Å²) in [6.45, 7) is 13.5. The summed E-state index contributed by atoms with van der Waals surface area (Å²) >= 11 is 0. The molecule has 0 atom stereocenters. The predicted octanol–water partition coefficient (Wildman–Crippen LogP) is 14.0. The molecule has 0 N–H and O–H groups in total. The first kappa shape index (κ1) is 43.7. The third kappa shape index (κ3) is 8.91. The van der Waals surface area contributed by atoms with E-state index < -0.39 is 0 Å². The SMILES string of the molecule is Cc1cc(C)c(B(c2ccc(N(c3nc(-c4cccc(-c5ccccc5)c4)nc(-c4cccc(-c5ccccc5)c4)n3)c3ccccc3-c3ccccc3)cc2)c2c(C)cc(C)cc2C)c(C)c1. The van der Waals surface area contributed by atoms with Crippen LogP contribution in [0.5, 0.6) is 0 Å². The number of benzene rings is 9. The second kappa shape index (κ2) is 19.0. The van der Waals surface area contributed by atoms with E-state index in [-0.39, 0.29) is 6.71 Å². The first-order valence-electron chi connectivity index (χ1n) is 23.5. The summed E-state index contributed by atoms with van der Waals surface area (Å²) in [6, 6.07) is 75.5. The fraction of sp³-hybridized carbons (Fsp3) is 0.0952. The molecule has 9 aromatic carbocycles. The zero-order valence-electron chi connectivity index (χ0n) is 39.6. The average Bonchev–Trinajstić information content (AvgIpc) is 3.36. The molecular weight excluding hydrogens is 824 g/mol. The Morgan fingerprint density at radius 2 is 0.735 bits per heavy atom. The Morgan fingerprint density at radius 1 is 0.338 bits per heavy atom. The van der Waals surface area contributed by atoms with E-state index >= 15 is 0 Å². The lowest BCUT2D eigenvalue weighted by atomic mass is 9.34. The van der Waals surface area contributed by atoms with Crippen LogP contribution in [-0.2, 0) is 0 Å². The number of hydrogen-bond acceptors (Lipinski definition) is 4. The highest BCUT2D eigenvalue weighted by Crippen LogP contribution is 2.40. The van der Waals surface area contributed by atoms with Gasteiger partial charge in [-0.3, -0.25) is 4.90 Å². The molecule has 0 unspecified atom stereocenters. The number of aryl methyl sites for hydroxylation is 6. The zero-order valence-corrected chi connectivity index (χ0v) is 39.6. The van der Waals surface area contributed by atoms with Gasteiger partial charge in [-0.1, -0.05) is 232 Å². The molecule has 1 aromatic heterocycles. The summed E-state index contributed by atoms with van der Waals surface area (Å²) in [5.74, 6) is 1.69. The molecule has 68 heavy (non-hydrogen) atoms. The minimum absolute atomic E-state index is 0.0273. The molecule has 0 aliphatic heterocycles. The molecule has 0 radical (unpaired) electrons. The van der Waals surface area contributed by atoms with Crippen molar-refractivity contribution in [1.82, 2.24) is 15.0 Å². The van der Waals surface area contributed by atoms with Crippen molar-refractivity contribution >= 4 is 40.4 Å². The lowest BCUT2D eigenvalue weighted by Crippen LogP contribution is -2.55. The van der Waals surface area contributed by atoms with E-state index in [1.165, 1.54) is 49.8 Å². The van der Waals surface area contributed by atoms with Crippen molar-refractivity contribution in [3.63, 3.8) is 0 Å². The van der Waals surface area contributed by atoms with Crippen LogP contribution in [0.2, 0.25) is 0 Å². The number of hydrogen-bond donors (Lipinski definition) is 0. The first-order chi connectivity index (χ1) is 33.2. The Kier molecular flexibility index (Phi) is 12.2. The molecule has 10 aromatic rings. The van der Waals surface area contributed by atoms with Crippen molar-refractivity contribution in [1.29, 1.82) is 0 Å². The van der Waals surface area contributed by atoms with Gasteiger partial charge in [0.1, 0.15) is 0 Å². The van der Waals surface area contributed by atoms with Crippen LogP contribution in [0.4, 0.5) is 17.3 Å². The van der Waals surface area contributed by atoms with Gasteiger partial charge >= 0.3 is 0 Å². The van der Waals surface area contributed by atoms with Gasteiger partial charge in [-0.05, 0) is 99.7 Å². The number of rotatable bonds is 11. The monoisotopic (exact) mass is 876 g/mol. The molecule has 5 heteroatoms. The number of para-hydroxylation sites is 1. The number of nitrogens with zero attached hydrogens (tertiary/aromatic N) is 4. The van der Waals surface area contributed by atoms with Crippen LogP contribution in [0.25, 0.3) is 56.2 Å². The Labute approximate surface area is 401 Å². The summed E-state index contributed by atoms with van der Waals surface area (Å²) < 4.78 is 0. The molecule has 10 rings (SSSR count). The zero-order chi connectivity index (χ0) is 46.7. The molecule has 0 aliphatic rings. The Bertz CT molecular complexity index is 3200. The molecule has 0 saturated heterocycles. The second-order valence-electron chi connectivity index (χ2n) is 18.0. The molecule has 4 nitrogen and oxygen atoms in total. The third-order valence-electron chi connectivity index (χ3n) is 13.0. The second-order valence-corrected chi connectivity index (χ2v) is 18.0. The Balaban J connectivity index is 1.20. The summed E-state index contributed by atoms with van der Waals surface area (Å²) in [5, 5.41) is 0. The summed E-state index contributed by atoms with van der Waals surface area (Å²) in [4.78, 5) is 18.4. The minimum Gasteiger partial charge on any atom is -0.278 e. The molecule has 1 heterocycles. The molecule has 328 valence electrons. The Morgan fingerprint density at radius 3 is 1.21 bits per heavy atom. The quantitative estimate of drug-likeness (QED) is 0.121. The van der Waals surface area contributed by atoms with Crippen LogP contribution < -0.4 is 21.3 Å². The van der Waals surface area contributed by atoms with E-state index in [4.69, 9.17) is 15.0 Å². The van der Waals surface area contributed by atoms with Gasteiger partial charge in [0.15, 0.2) is 11.6 Å². The van der Waals surface area contributed by atoms with Crippen molar-refractivity contribution in [2.24, 2.45) is 0 Å². The van der Waals surface area contributed by atoms with Gasteiger partial charge in [0.25, 0.3) is 0 Å². The van der Waals surface area contributed by atoms with E-state index in [2.05, 4.69) is 247 Å². The van der Waals surface area contributed by atoms with Crippen LogP contribution >= 0.6 is 0 Å². The molecular formula is C63H53BN4. The Hall–Kier alpha value is -8.15. The van der Waals surface area contributed by atoms with Crippen LogP contribution in [-0.4, -0.2) is 21.7 Å². The van der Waals surface area contributed by atoms with E-state index in [1.807, 2.05) is 12.1 Å². The molecule has 0 spiro atoms. The summed E-state index contributed by atoms with van der Waals surface area (Å²) in [5.41, 5.74) is 22.0. The van der Waals surface area contributed by atoms with Gasteiger partial charge in [-0.2, -0.15) is 9.97 Å². The lowest BCUT2D eigenvalue weighted by molar-refractivity contribution is 1.02. The van der Waals surface area contributed by atoms with E-state index in [9.17, 15) is 0 Å². The molecule has 0 fully saturated rings. The fourth-order valence-electron chi connectivity index (χ4n) is 10.1. The minimum atomic E-state index is 0.0273. The highest BCUT2D eigenvalue weighted by molar-refractivity contribution is 6.96. The predicted molar refractivity (Wildman–Crippen MR) is 288 cm³/mol. The van der Waals surface area contributed by atoms with Crippen LogP contribution in [0.3, 0.4) is 0 Å². The highest BCUT2D eigenvalue weighted by atomic mass is 15.3. The number of anilines is 3. The third-order valence-corrected chi connectivity index (χ3v) is 13.0. The topological polar surface area (TPSA) is 41.9 Å². The standard InChI is InChI=1S/C63H53BN4/c1-42-36-44(3)59(45(4)37-42)64(60-46(5)38-43(2)39-47(60)6)55-32-34-56(35-33-55)68(58-31-17-16-30-57(58)50-24-14-9-15-25-50)63-66-61(53-28-18-26-51(40-53)48-20-10-7-11-21-48)65-62(67-63)54-29-19-27-52(41-54)49-22-12-8-13-23-49/h7-41H,1-6H3. The highest BCUT2D eigenvalue weighted by Gasteiger charge is 2.29. The van der Waals surface area contributed by atoms with E-state index in [1.54, 1.807) is 0 Å². The normalized spacial score (nSPS) is 11.1. The van der Waals surface area contributed by atoms with Gasteiger partial charge in [0, 0.05) is 22.4 Å². The van der Waals surface area contributed by atoms with E-state index in [0.717, 1.165) is 55.9 Å². The van der Waals surface area contributed by atoms with Crippen molar-refractivity contribution in [2.45, 2.75) is 41.5 Å². The fourth-order valence-corrected chi connectivity index (χ4v) is 10.1. The van der Waals surface area contributed by atoms with Gasteiger partial charge in [-0.15, -0.1) is 0 Å². The lowest BCUT2D eigenvalue weighted by Gasteiger charge is -2.28. The molecule has 0 bridgehead atoms. The van der Waals surface area contributed by atoms with E-state index in [0.29, 0.717) is 17.6 Å². The smallest absolute Gasteiger partial charge is 0.242 e. The molecule has 0 saturated carbocycles. The van der Waals surface area contributed by atoms with Crippen molar-refractivity contribution < 1.29 is 0 Å². The van der Waals surface area contributed by atoms with Crippen molar-refractivity contribution in [3.8, 4) is 56.2 Å². The van der Waals surface area contributed by atoms with Crippen LogP contribution in [0, 0.1) is 41.5 Å². The largest absolute Gasteiger partial charge is 0.278 e. The van der Waals surface area contributed by atoms with Gasteiger partial charge in [0.2, 0.25) is 12.7 Å². The summed E-state index contributed by atoms with van der Waals surface area (Å²) in [6.07, 6.45) is 0.